The molecule has 0 aliphatic carbocycles. The molecule has 1 heterocycles. The topological polar surface area (TPSA) is 64.9 Å². The molecule has 0 unspecified atom stereocenters. The predicted molar refractivity (Wildman–Crippen MR) is 66.5 cm³/mol. The summed E-state index contributed by atoms with van der Waals surface area (Å²) in [6.45, 7) is 6.58. The first kappa shape index (κ1) is 11.8. The third-order valence-corrected chi connectivity index (χ3v) is 3.02. The average Bonchev–Trinajstić information content (AvgIpc) is 2.81. The van der Waals surface area contributed by atoms with Gasteiger partial charge in [0.25, 0.3) is 0 Å². The fourth-order valence-corrected chi connectivity index (χ4v) is 1.82. The Morgan fingerprint density at radius 1 is 1.29 bits per heavy atom. The van der Waals surface area contributed by atoms with Crippen LogP contribution >= 0.6 is 0 Å². The van der Waals surface area contributed by atoms with Gasteiger partial charge < -0.3 is 10.3 Å². The van der Waals surface area contributed by atoms with Gasteiger partial charge in [-0.25, -0.2) is 0 Å². The summed E-state index contributed by atoms with van der Waals surface area (Å²) in [4.78, 5) is 4.27. The number of aryl methyl sites for hydroxylation is 2. The van der Waals surface area contributed by atoms with Gasteiger partial charge in [0.15, 0.2) is 0 Å². The van der Waals surface area contributed by atoms with Gasteiger partial charge in [0.05, 0.1) is 6.54 Å². The van der Waals surface area contributed by atoms with Gasteiger partial charge in [-0.1, -0.05) is 18.1 Å². The van der Waals surface area contributed by atoms with Gasteiger partial charge in [0, 0.05) is 5.56 Å². The van der Waals surface area contributed by atoms with Crippen molar-refractivity contribution >= 4 is 0 Å². The summed E-state index contributed by atoms with van der Waals surface area (Å²) in [6.07, 6.45) is 0.996. The van der Waals surface area contributed by atoms with E-state index >= 15 is 0 Å². The van der Waals surface area contributed by atoms with Crippen molar-refractivity contribution in [3.8, 4) is 11.4 Å². The standard InChI is InChI=1S/C13H17N3O/c1-4-10-5-8(2)9(3)11(6-10)13-15-12(7-14)17-16-13/h5-6H,4,7,14H2,1-3H3. The third kappa shape index (κ3) is 2.22. The Morgan fingerprint density at radius 3 is 2.65 bits per heavy atom. The lowest BCUT2D eigenvalue weighted by Gasteiger charge is -2.08. The number of nitrogens with zero attached hydrogens (tertiary/aromatic N) is 2. The van der Waals surface area contributed by atoms with Crippen molar-refractivity contribution < 1.29 is 4.52 Å². The zero-order chi connectivity index (χ0) is 12.4. The van der Waals surface area contributed by atoms with E-state index in [0.717, 1.165) is 12.0 Å². The summed E-state index contributed by atoms with van der Waals surface area (Å²) in [5.41, 5.74) is 10.2. The number of hydrogen-bond acceptors (Lipinski definition) is 4. The molecule has 2 rings (SSSR count). The van der Waals surface area contributed by atoms with Crippen LogP contribution in [0.1, 0.15) is 29.5 Å². The summed E-state index contributed by atoms with van der Waals surface area (Å²) in [5, 5.41) is 3.97. The van der Waals surface area contributed by atoms with Crippen LogP contribution in [-0.2, 0) is 13.0 Å². The molecule has 0 fully saturated rings. The fourth-order valence-electron chi connectivity index (χ4n) is 1.82. The fraction of sp³-hybridized carbons (Fsp3) is 0.385. The van der Waals surface area contributed by atoms with Gasteiger partial charge in [-0.15, -0.1) is 0 Å². The molecule has 1 aromatic heterocycles. The van der Waals surface area contributed by atoms with Crippen LogP contribution in [0.25, 0.3) is 11.4 Å². The molecule has 0 atom stereocenters. The van der Waals surface area contributed by atoms with Crippen LogP contribution in [0.3, 0.4) is 0 Å². The van der Waals surface area contributed by atoms with E-state index in [2.05, 4.69) is 43.0 Å². The van der Waals surface area contributed by atoms with E-state index in [0.29, 0.717) is 11.7 Å². The molecule has 2 N–H and O–H groups in total. The molecule has 17 heavy (non-hydrogen) atoms. The van der Waals surface area contributed by atoms with Gasteiger partial charge in [-0.05, 0) is 43.0 Å². The molecular formula is C13H17N3O. The quantitative estimate of drug-likeness (QED) is 0.880. The van der Waals surface area contributed by atoms with Crippen molar-refractivity contribution in [3.05, 3.63) is 34.7 Å². The van der Waals surface area contributed by atoms with E-state index in [1.807, 2.05) is 0 Å². The molecule has 0 spiro atoms. The Hall–Kier alpha value is -1.68. The highest BCUT2D eigenvalue weighted by molar-refractivity contribution is 5.62. The summed E-state index contributed by atoms with van der Waals surface area (Å²) < 4.78 is 5.05. The molecule has 4 heteroatoms. The number of hydrogen-bond donors (Lipinski definition) is 1. The second-order valence-electron chi connectivity index (χ2n) is 4.15. The monoisotopic (exact) mass is 231 g/mol. The Kier molecular flexibility index (Phi) is 3.24. The highest BCUT2D eigenvalue weighted by Gasteiger charge is 2.12. The molecular weight excluding hydrogens is 214 g/mol. The highest BCUT2D eigenvalue weighted by Crippen LogP contribution is 2.25. The normalized spacial score (nSPS) is 10.8. The molecule has 2 aromatic rings. The van der Waals surface area contributed by atoms with Crippen LogP contribution in [0.4, 0.5) is 0 Å². The molecule has 90 valence electrons. The van der Waals surface area contributed by atoms with E-state index in [1.54, 1.807) is 0 Å². The van der Waals surface area contributed by atoms with Crippen LogP contribution in [0.15, 0.2) is 16.7 Å². The molecule has 0 saturated carbocycles. The molecule has 0 radical (unpaired) electrons. The first-order valence-electron chi connectivity index (χ1n) is 5.78. The van der Waals surface area contributed by atoms with Crippen LogP contribution in [0, 0.1) is 13.8 Å². The van der Waals surface area contributed by atoms with Crippen molar-refractivity contribution in [1.29, 1.82) is 0 Å². The van der Waals surface area contributed by atoms with E-state index in [1.165, 1.54) is 16.7 Å². The van der Waals surface area contributed by atoms with E-state index in [9.17, 15) is 0 Å². The zero-order valence-corrected chi connectivity index (χ0v) is 10.4. The summed E-state index contributed by atoms with van der Waals surface area (Å²) in [5.74, 6) is 1.10. The number of benzene rings is 1. The van der Waals surface area contributed by atoms with Crippen LogP contribution in [-0.4, -0.2) is 10.1 Å². The SMILES string of the molecule is CCc1cc(C)c(C)c(-c2noc(CN)n2)c1. The van der Waals surface area contributed by atoms with E-state index in [-0.39, 0.29) is 6.54 Å². The number of nitrogens with two attached hydrogens (primary N) is 1. The Bertz CT molecular complexity index is 531. The lowest BCUT2D eigenvalue weighted by atomic mass is 9.98. The highest BCUT2D eigenvalue weighted by atomic mass is 16.5. The molecule has 0 aliphatic rings. The van der Waals surface area contributed by atoms with Gasteiger partial charge >= 0.3 is 0 Å². The second kappa shape index (κ2) is 4.67. The average molecular weight is 231 g/mol. The van der Waals surface area contributed by atoms with Crippen molar-refractivity contribution in [1.82, 2.24) is 10.1 Å². The Morgan fingerprint density at radius 2 is 2.06 bits per heavy atom. The van der Waals surface area contributed by atoms with Crippen molar-refractivity contribution in [2.45, 2.75) is 33.7 Å². The van der Waals surface area contributed by atoms with Crippen molar-refractivity contribution in [3.63, 3.8) is 0 Å². The first-order chi connectivity index (χ1) is 8.15. The first-order valence-corrected chi connectivity index (χ1v) is 5.78. The summed E-state index contributed by atoms with van der Waals surface area (Å²) in [7, 11) is 0. The van der Waals surface area contributed by atoms with Crippen molar-refractivity contribution in [2.75, 3.05) is 0 Å². The molecule has 0 aliphatic heterocycles. The number of rotatable bonds is 3. The van der Waals surface area contributed by atoms with Gasteiger partial charge in [0.2, 0.25) is 11.7 Å². The lowest BCUT2D eigenvalue weighted by molar-refractivity contribution is 0.380. The molecule has 0 amide bonds. The lowest BCUT2D eigenvalue weighted by Crippen LogP contribution is -1.96. The predicted octanol–water partition coefficient (Wildman–Crippen LogP) is 2.37. The zero-order valence-electron chi connectivity index (χ0n) is 10.4. The summed E-state index contributed by atoms with van der Waals surface area (Å²) >= 11 is 0. The Balaban J connectivity index is 2.53. The minimum Gasteiger partial charge on any atom is -0.338 e. The van der Waals surface area contributed by atoms with E-state index < -0.39 is 0 Å². The van der Waals surface area contributed by atoms with Crippen molar-refractivity contribution in [2.24, 2.45) is 5.73 Å². The largest absolute Gasteiger partial charge is 0.338 e. The molecule has 1 aromatic carbocycles. The Labute approximate surface area is 101 Å². The molecule has 0 bridgehead atoms. The molecule has 4 nitrogen and oxygen atoms in total. The maximum atomic E-state index is 5.47. The van der Waals surface area contributed by atoms with Crippen LogP contribution in [0.5, 0.6) is 0 Å². The van der Waals surface area contributed by atoms with Gasteiger partial charge in [-0.2, -0.15) is 4.98 Å². The third-order valence-electron chi connectivity index (χ3n) is 3.02. The minimum absolute atomic E-state index is 0.276. The van der Waals surface area contributed by atoms with Crippen LogP contribution < -0.4 is 5.73 Å². The van der Waals surface area contributed by atoms with E-state index in [4.69, 9.17) is 10.3 Å². The smallest absolute Gasteiger partial charge is 0.240 e. The van der Waals surface area contributed by atoms with Crippen LogP contribution in [0.2, 0.25) is 0 Å². The molecule has 0 saturated heterocycles. The van der Waals surface area contributed by atoms with Gasteiger partial charge in [0.1, 0.15) is 0 Å². The summed E-state index contributed by atoms with van der Waals surface area (Å²) in [6, 6.07) is 4.32. The maximum Gasteiger partial charge on any atom is 0.240 e. The maximum absolute atomic E-state index is 5.47. The number of aromatic nitrogens is 2. The second-order valence-corrected chi connectivity index (χ2v) is 4.15. The minimum atomic E-state index is 0.276. The van der Waals surface area contributed by atoms with Gasteiger partial charge in [-0.3, -0.25) is 0 Å².